The Morgan fingerprint density at radius 3 is 2.79 bits per heavy atom. The zero-order valence-electron chi connectivity index (χ0n) is 10.6. The molecule has 4 nitrogen and oxygen atoms in total. The monoisotopic (exact) mass is 291 g/mol. The van der Waals surface area contributed by atoms with Gasteiger partial charge in [0.1, 0.15) is 17.3 Å². The molecule has 0 aliphatic rings. The largest absolute Gasteiger partial charge is 0.495 e. The van der Waals surface area contributed by atoms with E-state index < -0.39 is 0 Å². The smallest absolute Gasteiger partial charge is 0.139 e. The van der Waals surface area contributed by atoms with Gasteiger partial charge in [-0.15, -0.1) is 22.7 Å². The molecule has 0 bridgehead atoms. The van der Waals surface area contributed by atoms with Gasteiger partial charge >= 0.3 is 0 Å². The highest BCUT2D eigenvalue weighted by Gasteiger charge is 2.21. The second kappa shape index (κ2) is 4.71. The van der Waals surface area contributed by atoms with Gasteiger partial charge in [0.25, 0.3) is 0 Å². The van der Waals surface area contributed by atoms with Gasteiger partial charge < -0.3 is 10.5 Å². The molecule has 0 unspecified atom stereocenters. The first-order chi connectivity index (χ1) is 9.22. The maximum absolute atomic E-state index is 6.16. The number of nitrogen functional groups attached to an aromatic ring is 1. The average molecular weight is 291 g/mol. The van der Waals surface area contributed by atoms with Crippen LogP contribution in [0.4, 0.5) is 5.82 Å². The third-order valence-corrected chi connectivity index (χ3v) is 4.71. The Morgan fingerprint density at radius 2 is 2.11 bits per heavy atom. The van der Waals surface area contributed by atoms with E-state index in [0.717, 1.165) is 26.8 Å². The van der Waals surface area contributed by atoms with Crippen molar-refractivity contribution in [1.82, 2.24) is 9.78 Å². The van der Waals surface area contributed by atoms with Crippen LogP contribution in [0.1, 0.15) is 0 Å². The van der Waals surface area contributed by atoms with Crippen LogP contribution < -0.4 is 10.5 Å². The lowest BCUT2D eigenvalue weighted by Crippen LogP contribution is -1.97. The predicted molar refractivity (Wildman–Crippen MR) is 80.8 cm³/mol. The molecule has 0 spiro atoms. The molecule has 0 atom stereocenters. The van der Waals surface area contributed by atoms with E-state index in [9.17, 15) is 0 Å². The fraction of sp³-hybridized carbons (Fsp3) is 0.154. The standard InChI is InChI=1S/C13H13N3OS2/c1-16-13(14)10(9-4-3-6-18-9)11(15-16)12-8(17-2)5-7-19-12/h3-7H,14H2,1-2H3. The van der Waals surface area contributed by atoms with Crippen molar-refractivity contribution in [2.45, 2.75) is 0 Å². The maximum atomic E-state index is 6.16. The number of rotatable bonds is 3. The molecule has 3 heterocycles. The van der Waals surface area contributed by atoms with Gasteiger partial charge in [-0.3, -0.25) is 4.68 Å². The highest BCUT2D eigenvalue weighted by molar-refractivity contribution is 7.14. The molecular weight excluding hydrogens is 278 g/mol. The van der Waals surface area contributed by atoms with Crippen LogP contribution in [0, 0.1) is 0 Å². The molecule has 0 amide bonds. The summed E-state index contributed by atoms with van der Waals surface area (Å²) in [4.78, 5) is 2.13. The van der Waals surface area contributed by atoms with Gasteiger partial charge in [-0.05, 0) is 22.9 Å². The molecule has 0 saturated carbocycles. The van der Waals surface area contributed by atoms with Crippen molar-refractivity contribution in [3.05, 3.63) is 29.0 Å². The van der Waals surface area contributed by atoms with Gasteiger partial charge in [-0.1, -0.05) is 6.07 Å². The van der Waals surface area contributed by atoms with Crippen LogP contribution in [0.15, 0.2) is 29.0 Å². The van der Waals surface area contributed by atoms with Gasteiger partial charge in [-0.25, -0.2) is 0 Å². The Labute approximate surface area is 119 Å². The normalized spacial score (nSPS) is 10.8. The Hall–Kier alpha value is -1.79. The summed E-state index contributed by atoms with van der Waals surface area (Å²) in [6.45, 7) is 0. The Bertz CT molecular complexity index is 698. The molecule has 2 N–H and O–H groups in total. The molecule has 3 aromatic heterocycles. The first-order valence-electron chi connectivity index (χ1n) is 5.70. The van der Waals surface area contributed by atoms with Crippen molar-refractivity contribution in [1.29, 1.82) is 0 Å². The van der Waals surface area contributed by atoms with Crippen molar-refractivity contribution in [3.8, 4) is 26.8 Å². The molecule has 98 valence electrons. The molecule has 0 aliphatic heterocycles. The second-order valence-electron chi connectivity index (χ2n) is 4.03. The van der Waals surface area contributed by atoms with E-state index in [-0.39, 0.29) is 0 Å². The van der Waals surface area contributed by atoms with E-state index in [2.05, 4.69) is 11.2 Å². The number of thiophene rings is 2. The first-order valence-corrected chi connectivity index (χ1v) is 7.46. The summed E-state index contributed by atoms with van der Waals surface area (Å²) in [5, 5.41) is 8.58. The molecule has 19 heavy (non-hydrogen) atoms. The van der Waals surface area contributed by atoms with Crippen molar-refractivity contribution >= 4 is 28.5 Å². The van der Waals surface area contributed by atoms with E-state index in [0.29, 0.717) is 5.82 Å². The zero-order valence-corrected chi connectivity index (χ0v) is 12.2. The molecule has 0 aromatic carbocycles. The van der Waals surface area contributed by atoms with Gasteiger partial charge in [0.2, 0.25) is 0 Å². The number of ether oxygens (including phenoxy) is 1. The van der Waals surface area contributed by atoms with Gasteiger partial charge in [0.15, 0.2) is 0 Å². The van der Waals surface area contributed by atoms with Crippen LogP contribution in [0.3, 0.4) is 0 Å². The lowest BCUT2D eigenvalue weighted by molar-refractivity contribution is 0.418. The summed E-state index contributed by atoms with van der Waals surface area (Å²) < 4.78 is 7.10. The third kappa shape index (κ3) is 1.93. The number of methoxy groups -OCH3 is 1. The van der Waals surface area contributed by atoms with Crippen LogP contribution in [0.5, 0.6) is 5.75 Å². The van der Waals surface area contributed by atoms with Crippen LogP contribution >= 0.6 is 22.7 Å². The Morgan fingerprint density at radius 1 is 1.26 bits per heavy atom. The van der Waals surface area contributed by atoms with Crippen LogP contribution in [-0.2, 0) is 7.05 Å². The van der Waals surface area contributed by atoms with E-state index >= 15 is 0 Å². The molecule has 0 saturated heterocycles. The van der Waals surface area contributed by atoms with Crippen molar-refractivity contribution in [3.63, 3.8) is 0 Å². The number of aryl methyl sites for hydroxylation is 1. The second-order valence-corrected chi connectivity index (χ2v) is 5.89. The van der Waals surface area contributed by atoms with Gasteiger partial charge in [0.05, 0.1) is 17.6 Å². The third-order valence-electron chi connectivity index (χ3n) is 2.92. The summed E-state index contributed by atoms with van der Waals surface area (Å²) >= 11 is 3.27. The number of nitrogens with zero attached hydrogens (tertiary/aromatic N) is 2. The van der Waals surface area contributed by atoms with Gasteiger partial charge in [-0.2, -0.15) is 5.10 Å². The number of aromatic nitrogens is 2. The van der Waals surface area contributed by atoms with Crippen molar-refractivity contribution in [2.24, 2.45) is 7.05 Å². The van der Waals surface area contributed by atoms with Gasteiger partial charge in [0, 0.05) is 11.9 Å². The minimum Gasteiger partial charge on any atom is -0.495 e. The quantitative estimate of drug-likeness (QED) is 0.804. The molecule has 0 aliphatic carbocycles. The van der Waals surface area contributed by atoms with E-state index in [4.69, 9.17) is 10.5 Å². The predicted octanol–water partition coefficient (Wildman–Crippen LogP) is 3.47. The Kier molecular flexibility index (Phi) is 3.04. The molecule has 3 aromatic rings. The van der Waals surface area contributed by atoms with E-state index in [1.54, 1.807) is 34.5 Å². The summed E-state index contributed by atoms with van der Waals surface area (Å²) in [5.41, 5.74) is 8.03. The topological polar surface area (TPSA) is 53.1 Å². The number of nitrogens with two attached hydrogens (primary N) is 1. The number of hydrogen-bond donors (Lipinski definition) is 1. The molecular formula is C13H13N3OS2. The summed E-state index contributed by atoms with van der Waals surface area (Å²) in [6.07, 6.45) is 0. The van der Waals surface area contributed by atoms with Crippen molar-refractivity contribution < 1.29 is 4.74 Å². The SMILES string of the molecule is COc1ccsc1-c1nn(C)c(N)c1-c1cccs1. The van der Waals surface area contributed by atoms with E-state index in [1.807, 2.05) is 29.9 Å². The maximum Gasteiger partial charge on any atom is 0.139 e. The fourth-order valence-corrected chi connectivity index (χ4v) is 3.62. The van der Waals surface area contributed by atoms with E-state index in [1.165, 1.54) is 0 Å². The number of anilines is 1. The van der Waals surface area contributed by atoms with Crippen molar-refractivity contribution in [2.75, 3.05) is 12.8 Å². The minimum atomic E-state index is 0.674. The molecule has 0 radical (unpaired) electrons. The van der Waals surface area contributed by atoms with Crippen LogP contribution in [0.2, 0.25) is 0 Å². The molecule has 6 heteroatoms. The lowest BCUT2D eigenvalue weighted by atomic mass is 10.1. The highest BCUT2D eigenvalue weighted by atomic mass is 32.1. The zero-order chi connectivity index (χ0) is 13.4. The lowest BCUT2D eigenvalue weighted by Gasteiger charge is -2.02. The molecule has 3 rings (SSSR count). The summed E-state index contributed by atoms with van der Waals surface area (Å²) in [6, 6.07) is 6.02. The van der Waals surface area contributed by atoms with Crippen LogP contribution in [-0.4, -0.2) is 16.9 Å². The Balaban J connectivity index is 2.25. The average Bonchev–Trinajstić information content (AvgIpc) is 3.11. The number of hydrogen-bond acceptors (Lipinski definition) is 5. The molecule has 0 fully saturated rings. The summed E-state index contributed by atoms with van der Waals surface area (Å²) in [5.74, 6) is 1.51. The van der Waals surface area contributed by atoms with Crippen LogP contribution in [0.25, 0.3) is 21.0 Å². The minimum absolute atomic E-state index is 0.674. The highest BCUT2D eigenvalue weighted by Crippen LogP contribution is 2.43. The summed E-state index contributed by atoms with van der Waals surface area (Å²) in [7, 11) is 3.53. The first kappa shape index (κ1) is 12.3. The fourth-order valence-electron chi connectivity index (χ4n) is 1.99.